The van der Waals surface area contributed by atoms with Crippen molar-refractivity contribution < 1.29 is 27.6 Å². The monoisotopic (exact) mass is 470 g/mol. The summed E-state index contributed by atoms with van der Waals surface area (Å²) in [5, 5.41) is 15.3. The zero-order valence-electron chi connectivity index (χ0n) is 17.2. The number of fused-ring (bicyclic) bond motifs is 1. The molecule has 170 valence electrons. The molecule has 0 radical (unpaired) electrons. The number of hydrazone groups is 1. The van der Waals surface area contributed by atoms with Crippen LogP contribution in [0.4, 0.5) is 17.1 Å². The lowest BCUT2D eigenvalue weighted by Crippen LogP contribution is -2.15. The van der Waals surface area contributed by atoms with Gasteiger partial charge in [-0.1, -0.05) is 0 Å². The molecule has 3 aromatic carbocycles. The second kappa shape index (κ2) is 9.04. The van der Waals surface area contributed by atoms with Crippen molar-refractivity contribution in [2.24, 2.45) is 5.10 Å². The number of non-ortho nitro benzene ring substituents is 1. The van der Waals surface area contributed by atoms with Gasteiger partial charge in [0.15, 0.2) is 11.5 Å². The number of hydrogen-bond acceptors (Lipinski definition) is 9. The van der Waals surface area contributed by atoms with E-state index >= 15 is 0 Å². The molecule has 1 heterocycles. The average molecular weight is 470 g/mol. The molecule has 0 unspecified atom stereocenters. The highest BCUT2D eigenvalue weighted by molar-refractivity contribution is 7.92. The molecule has 0 bridgehead atoms. The Kier molecular flexibility index (Phi) is 6.00. The van der Waals surface area contributed by atoms with Gasteiger partial charge in [-0.05, 0) is 54.1 Å². The van der Waals surface area contributed by atoms with Gasteiger partial charge in [0, 0.05) is 17.8 Å². The Morgan fingerprint density at radius 2 is 1.82 bits per heavy atom. The summed E-state index contributed by atoms with van der Waals surface area (Å²) in [5.41, 5.74) is 3.25. The van der Waals surface area contributed by atoms with Crippen LogP contribution in [-0.2, 0) is 10.0 Å². The van der Waals surface area contributed by atoms with Gasteiger partial charge in [-0.15, -0.1) is 0 Å². The van der Waals surface area contributed by atoms with Crippen LogP contribution in [0.3, 0.4) is 0 Å². The van der Waals surface area contributed by atoms with Crippen LogP contribution in [0.2, 0.25) is 0 Å². The van der Waals surface area contributed by atoms with E-state index in [1.165, 1.54) is 37.6 Å². The quantitative estimate of drug-likeness (QED) is 0.289. The minimum Gasteiger partial charge on any atom is -0.497 e. The summed E-state index contributed by atoms with van der Waals surface area (Å²) < 4.78 is 44.1. The fourth-order valence-corrected chi connectivity index (χ4v) is 4.21. The van der Waals surface area contributed by atoms with E-state index < -0.39 is 14.9 Å². The molecule has 0 spiro atoms. The Morgan fingerprint density at radius 3 is 2.55 bits per heavy atom. The molecule has 4 rings (SSSR count). The number of methoxy groups -OCH3 is 1. The van der Waals surface area contributed by atoms with Crippen LogP contribution in [-0.4, -0.2) is 33.5 Å². The summed E-state index contributed by atoms with van der Waals surface area (Å²) in [6, 6.07) is 14.8. The van der Waals surface area contributed by atoms with Crippen LogP contribution < -0.4 is 24.4 Å². The highest BCUT2D eigenvalue weighted by Gasteiger charge is 2.23. The number of sulfonamides is 1. The standard InChI is InChI=1S/C21H18N4O7S/c1-30-17-6-3-15(4-7-17)24-33(28,29)21-11-16(25(26)27)5-8-18(21)23-22-12-14-2-9-19-20(10-14)32-13-31-19/h2-12,23-24H,13H2,1H3. The van der Waals surface area contributed by atoms with E-state index in [-0.39, 0.29) is 28.8 Å². The van der Waals surface area contributed by atoms with Crippen LogP contribution in [0.1, 0.15) is 5.56 Å². The number of nitrogens with zero attached hydrogens (tertiary/aromatic N) is 2. The SMILES string of the molecule is COc1ccc(NS(=O)(=O)c2cc([N+](=O)[O-])ccc2NN=Cc2ccc3c(c2)OCO3)cc1. The first-order valence-electron chi connectivity index (χ1n) is 9.50. The van der Waals surface area contributed by atoms with Crippen LogP contribution >= 0.6 is 0 Å². The third kappa shape index (κ3) is 4.96. The number of nitrogens with one attached hydrogen (secondary N) is 2. The van der Waals surface area contributed by atoms with Crippen LogP contribution in [0.25, 0.3) is 0 Å². The van der Waals surface area contributed by atoms with Gasteiger partial charge in [0.1, 0.15) is 10.6 Å². The Bertz CT molecular complexity index is 1320. The van der Waals surface area contributed by atoms with E-state index in [1.54, 1.807) is 30.3 Å². The van der Waals surface area contributed by atoms with E-state index in [1.807, 2.05) is 0 Å². The van der Waals surface area contributed by atoms with Gasteiger partial charge in [0.05, 0.1) is 23.9 Å². The molecule has 11 nitrogen and oxygen atoms in total. The minimum absolute atomic E-state index is 0.0543. The van der Waals surface area contributed by atoms with Gasteiger partial charge in [-0.25, -0.2) is 8.42 Å². The molecule has 1 aliphatic heterocycles. The smallest absolute Gasteiger partial charge is 0.270 e. The molecule has 0 saturated carbocycles. The van der Waals surface area contributed by atoms with Gasteiger partial charge < -0.3 is 14.2 Å². The Hall–Kier alpha value is -4.32. The second-order valence-electron chi connectivity index (χ2n) is 6.75. The first kappa shape index (κ1) is 21.9. The van der Waals surface area contributed by atoms with Crippen molar-refractivity contribution in [3.05, 3.63) is 76.3 Å². The van der Waals surface area contributed by atoms with Gasteiger partial charge in [0.25, 0.3) is 15.7 Å². The summed E-state index contributed by atoms with van der Waals surface area (Å²) in [5.74, 6) is 1.74. The van der Waals surface area contributed by atoms with Gasteiger partial charge >= 0.3 is 0 Å². The molecule has 12 heteroatoms. The number of ether oxygens (including phenoxy) is 3. The number of benzene rings is 3. The highest BCUT2D eigenvalue weighted by atomic mass is 32.2. The Balaban J connectivity index is 1.60. The van der Waals surface area contributed by atoms with Crippen molar-refractivity contribution in [3.8, 4) is 17.2 Å². The van der Waals surface area contributed by atoms with Gasteiger partial charge in [-0.2, -0.15) is 5.10 Å². The van der Waals surface area contributed by atoms with Crippen molar-refractivity contribution in [1.82, 2.24) is 0 Å². The second-order valence-corrected chi connectivity index (χ2v) is 8.41. The summed E-state index contributed by atoms with van der Waals surface area (Å²) in [6.45, 7) is 0.138. The van der Waals surface area contributed by atoms with Gasteiger partial charge in [-0.3, -0.25) is 20.3 Å². The average Bonchev–Trinajstić information content (AvgIpc) is 3.27. The largest absolute Gasteiger partial charge is 0.497 e. The topological polar surface area (TPSA) is 141 Å². The number of anilines is 2. The number of rotatable bonds is 8. The fraction of sp³-hybridized carbons (Fsp3) is 0.0952. The number of nitro groups is 1. The summed E-state index contributed by atoms with van der Waals surface area (Å²) >= 11 is 0. The van der Waals surface area contributed by atoms with Crippen molar-refractivity contribution in [2.75, 3.05) is 24.1 Å². The molecule has 1 aliphatic rings. The Morgan fingerprint density at radius 1 is 1.06 bits per heavy atom. The van der Waals surface area contributed by atoms with E-state index in [2.05, 4.69) is 15.2 Å². The third-order valence-electron chi connectivity index (χ3n) is 4.60. The molecule has 0 aromatic heterocycles. The lowest BCUT2D eigenvalue weighted by molar-refractivity contribution is -0.385. The van der Waals surface area contributed by atoms with E-state index in [9.17, 15) is 18.5 Å². The maximum atomic E-state index is 13.0. The summed E-state index contributed by atoms with van der Waals surface area (Å²) in [6.07, 6.45) is 1.46. The number of nitro benzene ring substituents is 1. The maximum Gasteiger partial charge on any atom is 0.270 e. The molecule has 0 fully saturated rings. The molecule has 0 saturated heterocycles. The molecule has 33 heavy (non-hydrogen) atoms. The molecule has 0 aliphatic carbocycles. The van der Waals surface area contributed by atoms with Crippen LogP contribution in [0, 0.1) is 10.1 Å². The van der Waals surface area contributed by atoms with Crippen molar-refractivity contribution >= 4 is 33.3 Å². The van der Waals surface area contributed by atoms with Crippen LogP contribution in [0.15, 0.2) is 70.7 Å². The predicted octanol–water partition coefficient (Wildman–Crippen LogP) is 3.58. The molecule has 0 atom stereocenters. The lowest BCUT2D eigenvalue weighted by atomic mass is 10.2. The lowest BCUT2D eigenvalue weighted by Gasteiger charge is -2.12. The number of hydrogen-bond donors (Lipinski definition) is 2. The first-order valence-corrected chi connectivity index (χ1v) is 11.0. The molecular formula is C21H18N4O7S. The zero-order valence-corrected chi connectivity index (χ0v) is 18.0. The van der Waals surface area contributed by atoms with Crippen LogP contribution in [0.5, 0.6) is 17.2 Å². The Labute approximate surface area is 188 Å². The first-order chi connectivity index (χ1) is 15.9. The van der Waals surface area contributed by atoms with E-state index in [0.717, 1.165) is 6.07 Å². The maximum absolute atomic E-state index is 13.0. The fourth-order valence-electron chi connectivity index (χ4n) is 2.98. The third-order valence-corrected chi connectivity index (χ3v) is 6.02. The highest BCUT2D eigenvalue weighted by Crippen LogP contribution is 2.32. The normalized spacial score (nSPS) is 12.5. The minimum atomic E-state index is -4.19. The summed E-state index contributed by atoms with van der Waals surface area (Å²) in [7, 11) is -2.70. The predicted molar refractivity (Wildman–Crippen MR) is 121 cm³/mol. The van der Waals surface area contributed by atoms with E-state index in [0.29, 0.717) is 22.8 Å². The van der Waals surface area contributed by atoms with Crippen molar-refractivity contribution in [1.29, 1.82) is 0 Å². The van der Waals surface area contributed by atoms with Gasteiger partial charge in [0.2, 0.25) is 6.79 Å². The molecule has 0 amide bonds. The van der Waals surface area contributed by atoms with E-state index in [4.69, 9.17) is 14.2 Å². The molecule has 3 aromatic rings. The zero-order chi connectivity index (χ0) is 23.4. The molecule has 2 N–H and O–H groups in total. The molecular weight excluding hydrogens is 452 g/mol. The summed E-state index contributed by atoms with van der Waals surface area (Å²) in [4.78, 5) is 10.2. The van der Waals surface area contributed by atoms with Crippen molar-refractivity contribution in [2.45, 2.75) is 4.90 Å². The van der Waals surface area contributed by atoms with Crippen molar-refractivity contribution in [3.63, 3.8) is 0 Å².